The number of nitrogens with zero attached hydrogens (tertiary/aromatic N) is 3. The average Bonchev–Trinajstić information content (AvgIpc) is 3.16. The number of rotatable bonds is 9. The van der Waals surface area contributed by atoms with Crippen molar-refractivity contribution >= 4 is 58.4 Å². The van der Waals surface area contributed by atoms with E-state index in [9.17, 15) is 29.1 Å². The van der Waals surface area contributed by atoms with Crippen LogP contribution in [-0.2, 0) is 40.0 Å². The van der Waals surface area contributed by atoms with Crippen molar-refractivity contribution < 1.29 is 38.7 Å². The SMILES string of the molecule is CON(C(=O)Cc1csc(NC=O)n1)C1C(=O)N2C(C(=O)O)=C(COC(C)=O)CS[C@H]12. The van der Waals surface area contributed by atoms with Crippen LogP contribution < -0.4 is 5.32 Å². The van der Waals surface area contributed by atoms with Crippen LogP contribution in [0, 0.1) is 0 Å². The molecule has 1 saturated heterocycles. The first-order valence-electron chi connectivity index (χ1n) is 8.82. The van der Waals surface area contributed by atoms with E-state index < -0.39 is 35.2 Å². The molecular formula is C17H18N4O8S2. The number of ether oxygens (including phenoxy) is 1. The zero-order valence-electron chi connectivity index (χ0n) is 16.4. The van der Waals surface area contributed by atoms with Gasteiger partial charge in [0.15, 0.2) is 11.2 Å². The fourth-order valence-electron chi connectivity index (χ4n) is 3.15. The lowest BCUT2D eigenvalue weighted by molar-refractivity contribution is -0.208. The molecule has 2 N–H and O–H groups in total. The molecule has 2 aliphatic rings. The first kappa shape index (κ1) is 22.7. The Morgan fingerprint density at radius 3 is 2.81 bits per heavy atom. The van der Waals surface area contributed by atoms with E-state index in [0.717, 1.165) is 21.3 Å². The number of nitrogens with one attached hydrogen (secondary N) is 1. The van der Waals surface area contributed by atoms with Gasteiger partial charge in [-0.2, -0.15) is 0 Å². The van der Waals surface area contributed by atoms with Crippen LogP contribution in [0.15, 0.2) is 16.7 Å². The smallest absolute Gasteiger partial charge is 0.352 e. The number of carboxylic acids is 1. The molecule has 166 valence electrons. The van der Waals surface area contributed by atoms with Gasteiger partial charge in [0.2, 0.25) is 6.41 Å². The Morgan fingerprint density at radius 2 is 2.19 bits per heavy atom. The van der Waals surface area contributed by atoms with Crippen molar-refractivity contribution in [1.82, 2.24) is 14.9 Å². The number of esters is 1. The Morgan fingerprint density at radius 1 is 1.45 bits per heavy atom. The van der Waals surface area contributed by atoms with Crippen LogP contribution in [0.4, 0.5) is 5.13 Å². The number of hydrogen-bond acceptors (Lipinski definition) is 10. The Bertz CT molecular complexity index is 962. The number of thioether (sulfide) groups is 1. The molecule has 12 nitrogen and oxygen atoms in total. The van der Waals surface area contributed by atoms with Gasteiger partial charge in [0, 0.05) is 23.6 Å². The Balaban J connectivity index is 1.75. The van der Waals surface area contributed by atoms with E-state index in [0.29, 0.717) is 22.8 Å². The summed E-state index contributed by atoms with van der Waals surface area (Å²) < 4.78 is 4.89. The second kappa shape index (κ2) is 9.45. The van der Waals surface area contributed by atoms with Crippen molar-refractivity contribution in [3.05, 3.63) is 22.3 Å². The van der Waals surface area contributed by atoms with Crippen molar-refractivity contribution in [2.24, 2.45) is 0 Å². The molecule has 3 rings (SSSR count). The van der Waals surface area contributed by atoms with E-state index in [1.807, 2.05) is 0 Å². The third kappa shape index (κ3) is 4.55. The zero-order valence-corrected chi connectivity index (χ0v) is 18.0. The second-order valence-electron chi connectivity index (χ2n) is 6.38. The number of aromatic nitrogens is 1. The molecule has 1 fully saturated rings. The van der Waals surface area contributed by atoms with Crippen LogP contribution >= 0.6 is 23.1 Å². The maximum atomic E-state index is 12.8. The molecule has 3 heterocycles. The van der Waals surface area contributed by atoms with E-state index in [1.165, 1.54) is 25.8 Å². The van der Waals surface area contributed by atoms with Gasteiger partial charge in [-0.05, 0) is 0 Å². The number of aliphatic carboxylic acids is 1. The zero-order chi connectivity index (χ0) is 22.7. The summed E-state index contributed by atoms with van der Waals surface area (Å²) in [7, 11) is 1.24. The van der Waals surface area contributed by atoms with Crippen LogP contribution in [0.1, 0.15) is 12.6 Å². The van der Waals surface area contributed by atoms with Gasteiger partial charge in [-0.15, -0.1) is 23.1 Å². The molecule has 0 radical (unpaired) electrons. The highest BCUT2D eigenvalue weighted by Gasteiger charge is 2.57. The lowest BCUT2D eigenvalue weighted by Crippen LogP contribution is -2.71. The van der Waals surface area contributed by atoms with Crippen LogP contribution in [0.25, 0.3) is 0 Å². The number of carbonyl (C=O) groups excluding carboxylic acids is 4. The summed E-state index contributed by atoms with van der Waals surface area (Å²) in [6, 6.07) is -1.02. The molecule has 1 aromatic rings. The summed E-state index contributed by atoms with van der Waals surface area (Å²) in [5.41, 5.74) is 0.429. The fourth-order valence-corrected chi connectivity index (χ4v) is 5.18. The minimum atomic E-state index is -1.33. The van der Waals surface area contributed by atoms with E-state index >= 15 is 0 Å². The third-order valence-electron chi connectivity index (χ3n) is 4.43. The minimum Gasteiger partial charge on any atom is -0.477 e. The molecule has 0 bridgehead atoms. The van der Waals surface area contributed by atoms with Gasteiger partial charge in [-0.3, -0.25) is 28.9 Å². The van der Waals surface area contributed by atoms with Crippen molar-refractivity contribution in [3.8, 4) is 0 Å². The molecule has 0 aromatic carbocycles. The monoisotopic (exact) mass is 470 g/mol. The summed E-state index contributed by atoms with van der Waals surface area (Å²) in [6.45, 7) is 0.964. The number of hydroxylamine groups is 2. The van der Waals surface area contributed by atoms with E-state index in [1.54, 1.807) is 5.38 Å². The van der Waals surface area contributed by atoms with Crippen molar-refractivity contribution in [1.29, 1.82) is 0 Å². The molecule has 31 heavy (non-hydrogen) atoms. The van der Waals surface area contributed by atoms with Crippen LogP contribution in [0.5, 0.6) is 0 Å². The number of β-lactam (4-membered cyclic amide) rings is 1. The van der Waals surface area contributed by atoms with E-state index in [2.05, 4.69) is 10.3 Å². The lowest BCUT2D eigenvalue weighted by Gasteiger charge is -2.51. The van der Waals surface area contributed by atoms with Gasteiger partial charge in [-0.25, -0.2) is 14.8 Å². The number of carbonyl (C=O) groups is 5. The van der Waals surface area contributed by atoms with Gasteiger partial charge in [0.05, 0.1) is 19.2 Å². The average molecular weight is 470 g/mol. The summed E-state index contributed by atoms with van der Waals surface area (Å²) in [6.07, 6.45) is 0.294. The minimum absolute atomic E-state index is 0.175. The van der Waals surface area contributed by atoms with Gasteiger partial charge >= 0.3 is 11.9 Å². The predicted molar refractivity (Wildman–Crippen MR) is 108 cm³/mol. The first-order valence-corrected chi connectivity index (χ1v) is 10.8. The summed E-state index contributed by atoms with van der Waals surface area (Å²) in [4.78, 5) is 69.2. The molecule has 0 spiro atoms. The highest BCUT2D eigenvalue weighted by molar-refractivity contribution is 8.00. The molecule has 2 atom stereocenters. The third-order valence-corrected chi connectivity index (χ3v) is 6.58. The largest absolute Gasteiger partial charge is 0.477 e. The number of carboxylic acid groups (broad SMARTS) is 1. The molecule has 0 saturated carbocycles. The molecule has 0 aliphatic carbocycles. The van der Waals surface area contributed by atoms with Crippen molar-refractivity contribution in [2.45, 2.75) is 24.8 Å². The standard InChI is InChI=1S/C17H18N4O8S2/c1-8(23)29-4-9-5-30-15-13(14(25)20(15)12(9)16(26)27)21(28-2)11(24)3-10-6-31-17(19-10)18-7-22/h6-7,13,15H,3-5H2,1-2H3,(H,26,27)(H,18,19,22)/t13?,15-/m1/s1. The summed E-state index contributed by atoms with van der Waals surface area (Å²) in [5, 5.41) is 14.2. The Labute approximate surface area is 184 Å². The number of thiazole rings is 1. The number of anilines is 1. The second-order valence-corrected chi connectivity index (χ2v) is 8.34. The molecule has 1 unspecified atom stereocenters. The summed E-state index contributed by atoms with van der Waals surface area (Å²) in [5.74, 6) is -2.85. The number of hydrogen-bond donors (Lipinski definition) is 2. The number of amides is 3. The van der Waals surface area contributed by atoms with Crippen LogP contribution in [0.2, 0.25) is 0 Å². The summed E-state index contributed by atoms with van der Waals surface area (Å²) >= 11 is 2.38. The van der Waals surface area contributed by atoms with Gasteiger partial charge in [0.1, 0.15) is 17.7 Å². The van der Waals surface area contributed by atoms with Crippen molar-refractivity contribution in [2.75, 3.05) is 24.8 Å². The highest BCUT2D eigenvalue weighted by atomic mass is 32.2. The molecule has 1 aromatic heterocycles. The molecular weight excluding hydrogens is 452 g/mol. The quantitative estimate of drug-likeness (QED) is 0.215. The van der Waals surface area contributed by atoms with Crippen LogP contribution in [-0.4, -0.2) is 81.1 Å². The van der Waals surface area contributed by atoms with Gasteiger partial charge < -0.3 is 15.2 Å². The topological polar surface area (TPSA) is 155 Å². The lowest BCUT2D eigenvalue weighted by atomic mass is 10.0. The Hall–Kier alpha value is -2.97. The maximum absolute atomic E-state index is 12.8. The predicted octanol–water partition coefficient (Wildman–Crippen LogP) is -0.171. The van der Waals surface area contributed by atoms with E-state index in [-0.39, 0.29) is 24.5 Å². The first-order chi connectivity index (χ1) is 14.8. The molecule has 14 heteroatoms. The normalized spacial score (nSPS) is 19.9. The molecule has 3 amide bonds. The highest BCUT2D eigenvalue weighted by Crippen LogP contribution is 2.42. The van der Waals surface area contributed by atoms with Gasteiger partial charge in [0.25, 0.3) is 11.8 Å². The van der Waals surface area contributed by atoms with Crippen LogP contribution in [0.3, 0.4) is 0 Å². The van der Waals surface area contributed by atoms with E-state index in [4.69, 9.17) is 9.57 Å². The maximum Gasteiger partial charge on any atom is 0.352 e. The van der Waals surface area contributed by atoms with Gasteiger partial charge in [-0.1, -0.05) is 0 Å². The molecule has 2 aliphatic heterocycles. The Kier molecular flexibility index (Phi) is 6.92. The fraction of sp³-hybridized carbons (Fsp3) is 0.412. The number of fused-ring (bicyclic) bond motifs is 1. The van der Waals surface area contributed by atoms with Crippen molar-refractivity contribution in [3.63, 3.8) is 0 Å².